The fourth-order valence-corrected chi connectivity index (χ4v) is 5.04. The average molecular weight is 905 g/mol. The first-order valence-corrected chi connectivity index (χ1v) is 20.3. The number of nitrogens with one attached hydrogen (secondary N) is 1. The monoisotopic (exact) mass is 904 g/mol. The summed E-state index contributed by atoms with van der Waals surface area (Å²) >= 11 is 0. The molecule has 0 aliphatic rings. The van der Waals surface area contributed by atoms with E-state index in [-0.39, 0.29) is 39.5 Å². The van der Waals surface area contributed by atoms with Gasteiger partial charge in [0.25, 0.3) is 0 Å². The van der Waals surface area contributed by atoms with Crippen molar-refractivity contribution in [2.24, 2.45) is 0 Å². The molecule has 0 bridgehead atoms. The van der Waals surface area contributed by atoms with Crippen LogP contribution < -0.4 is 5.32 Å². The van der Waals surface area contributed by atoms with Gasteiger partial charge in [0.05, 0.1) is 144 Å². The topological polar surface area (TPSA) is 393 Å². The van der Waals surface area contributed by atoms with Crippen LogP contribution in [-0.2, 0) is 37.9 Å². The summed E-state index contributed by atoms with van der Waals surface area (Å²) in [6.45, 7) is 2.01. The van der Waals surface area contributed by atoms with E-state index in [9.17, 15) is 61.3 Å². The lowest BCUT2D eigenvalue weighted by Crippen LogP contribution is -2.53. The van der Waals surface area contributed by atoms with Crippen molar-refractivity contribution in [2.45, 2.75) is 73.2 Å². The zero-order valence-corrected chi connectivity index (χ0v) is 34.8. The number of nitrogens with zero attached hydrogens (tertiary/aromatic N) is 1. The van der Waals surface area contributed by atoms with Crippen molar-refractivity contribution in [3.63, 3.8) is 0 Å². The van der Waals surface area contributed by atoms with Crippen LogP contribution in [0.25, 0.3) is 0 Å². The minimum absolute atomic E-state index is 0.0176. The van der Waals surface area contributed by atoms with E-state index >= 15 is 0 Å². The molecule has 25 nitrogen and oxygen atoms in total. The second kappa shape index (κ2) is 39.4. The van der Waals surface area contributed by atoms with Crippen LogP contribution in [0.4, 0.5) is 0 Å². The van der Waals surface area contributed by atoms with Gasteiger partial charge in [0.15, 0.2) is 0 Å². The summed E-state index contributed by atoms with van der Waals surface area (Å²) in [5.41, 5.74) is 0. The van der Waals surface area contributed by atoms with Crippen molar-refractivity contribution in [3.05, 3.63) is 0 Å². The molecule has 368 valence electrons. The predicted octanol–water partition coefficient (Wildman–Crippen LogP) is -9.68. The normalized spacial score (nSPS) is 18.3. The molecule has 0 radical (unpaired) electrons. The van der Waals surface area contributed by atoms with Crippen LogP contribution in [0.3, 0.4) is 0 Å². The van der Waals surface area contributed by atoms with E-state index in [4.69, 9.17) is 53.2 Å². The fourth-order valence-electron chi connectivity index (χ4n) is 5.04. The number of hydrogen-bond acceptors (Lipinski definition) is 25. The Hall–Kier alpha value is -1.00. The number of aliphatic hydroxyl groups is 15. The molecule has 25 heteroatoms. The van der Waals surface area contributed by atoms with Gasteiger partial charge in [0.2, 0.25) is 0 Å². The summed E-state index contributed by atoms with van der Waals surface area (Å²) in [4.78, 5) is 1.33. The molecular weight excluding hydrogens is 828 g/mol. The third-order valence-corrected chi connectivity index (χ3v) is 8.80. The molecule has 0 aromatic heterocycles. The molecule has 0 aliphatic carbocycles. The Bertz CT molecular complexity index is 928. The van der Waals surface area contributed by atoms with Crippen molar-refractivity contribution in [1.29, 1.82) is 0 Å². The lowest BCUT2D eigenvalue weighted by molar-refractivity contribution is -0.131. The van der Waals surface area contributed by atoms with E-state index in [1.165, 1.54) is 4.90 Å². The van der Waals surface area contributed by atoms with Crippen LogP contribution in [0.5, 0.6) is 0 Å². The Morgan fingerprint density at radius 2 is 0.557 bits per heavy atom. The third kappa shape index (κ3) is 30.0. The first-order valence-electron chi connectivity index (χ1n) is 20.3. The van der Waals surface area contributed by atoms with Gasteiger partial charge in [-0.1, -0.05) is 0 Å². The summed E-state index contributed by atoms with van der Waals surface area (Å²) in [5, 5.41) is 148. The Balaban J connectivity index is 3.83. The second-order valence-corrected chi connectivity index (χ2v) is 13.8. The molecule has 0 rings (SSSR count). The van der Waals surface area contributed by atoms with Crippen molar-refractivity contribution in [2.75, 3.05) is 158 Å². The number of aliphatic hydroxyl groups excluding tert-OH is 15. The summed E-state index contributed by atoms with van der Waals surface area (Å²) in [6.07, 6.45) is -20.5. The fraction of sp³-hybridized carbons (Fsp3) is 1.00. The van der Waals surface area contributed by atoms with Gasteiger partial charge >= 0.3 is 0 Å². The van der Waals surface area contributed by atoms with Gasteiger partial charge in [-0.15, -0.1) is 0 Å². The Kier molecular flexibility index (Phi) is 38.7. The highest BCUT2D eigenvalue weighted by Gasteiger charge is 2.34. The highest BCUT2D eigenvalue weighted by atomic mass is 16.6. The maximum atomic E-state index is 10.4. The van der Waals surface area contributed by atoms with E-state index in [2.05, 4.69) is 5.32 Å². The molecule has 61 heavy (non-hydrogen) atoms. The summed E-state index contributed by atoms with van der Waals surface area (Å²) < 4.78 is 43.5. The molecule has 0 fully saturated rings. The van der Waals surface area contributed by atoms with Crippen molar-refractivity contribution < 1.29 is 114 Å². The Morgan fingerprint density at radius 1 is 0.311 bits per heavy atom. The summed E-state index contributed by atoms with van der Waals surface area (Å²) in [6, 6.07) is 0. The van der Waals surface area contributed by atoms with Gasteiger partial charge in [-0.05, 0) is 0 Å². The smallest absolute Gasteiger partial charge is 0.111 e. The maximum Gasteiger partial charge on any atom is 0.111 e. The Labute approximate surface area is 356 Å². The molecular formula is C36H76N2O23. The highest BCUT2D eigenvalue weighted by Crippen LogP contribution is 2.11. The second-order valence-electron chi connectivity index (χ2n) is 13.8. The molecule has 0 aromatic rings. The van der Waals surface area contributed by atoms with Crippen LogP contribution in [-0.4, -0.2) is 313 Å². The van der Waals surface area contributed by atoms with E-state index in [1.54, 1.807) is 0 Å². The van der Waals surface area contributed by atoms with Gasteiger partial charge in [-0.2, -0.15) is 0 Å². The summed E-state index contributed by atoms with van der Waals surface area (Å²) in [7, 11) is 0. The van der Waals surface area contributed by atoms with Crippen LogP contribution >= 0.6 is 0 Å². The molecule has 0 amide bonds. The molecule has 0 aromatic carbocycles. The zero-order valence-electron chi connectivity index (χ0n) is 34.8. The molecule has 0 saturated carbocycles. The first-order chi connectivity index (χ1) is 29.2. The molecule has 16 N–H and O–H groups in total. The molecule has 0 unspecified atom stereocenters. The maximum absolute atomic E-state index is 10.4. The molecule has 0 saturated heterocycles. The third-order valence-electron chi connectivity index (χ3n) is 8.80. The molecule has 0 spiro atoms. The number of rotatable bonds is 45. The predicted molar refractivity (Wildman–Crippen MR) is 209 cm³/mol. The van der Waals surface area contributed by atoms with Crippen molar-refractivity contribution in [3.8, 4) is 0 Å². The lowest BCUT2D eigenvalue weighted by atomic mass is 10.0. The van der Waals surface area contributed by atoms with Gasteiger partial charge in [0.1, 0.15) is 54.9 Å². The number of ether oxygens (including phenoxy) is 8. The minimum Gasteiger partial charge on any atom is -0.394 e. The van der Waals surface area contributed by atoms with E-state index in [0.29, 0.717) is 85.8 Å². The van der Waals surface area contributed by atoms with Gasteiger partial charge < -0.3 is 120 Å². The standard InChI is InChI=1S/C36H76N2O23/c39-22-28(45)34(51)31(48)25(42)19-37-1-3-54-5-7-56-9-11-58-13-15-60-17-18-61-16-14-59-12-10-57-8-6-55-4-2-38(20-26(43)32(49)35(52)29(46)23-40)21-27(44)33(50)36(53)30(47)24-41/h25-37,39-53H,1-24H2/t25-,26-,27-,28+,29+,30+,31+,32+,33+,34+,35+,36+/m0/s1. The first kappa shape index (κ1) is 60.0. The average Bonchev–Trinajstić information content (AvgIpc) is 3.26. The molecule has 0 aliphatic heterocycles. The van der Waals surface area contributed by atoms with E-state index in [1.807, 2.05) is 0 Å². The number of hydrogen-bond donors (Lipinski definition) is 16. The van der Waals surface area contributed by atoms with E-state index in [0.717, 1.165) is 0 Å². The minimum atomic E-state index is -1.89. The van der Waals surface area contributed by atoms with Crippen LogP contribution in [0.15, 0.2) is 0 Å². The van der Waals surface area contributed by atoms with Gasteiger partial charge in [-0.3, -0.25) is 4.90 Å². The van der Waals surface area contributed by atoms with Crippen LogP contribution in [0.2, 0.25) is 0 Å². The molecule has 12 atom stereocenters. The SMILES string of the molecule is OC[C@@H](O)[C@@H](O)[C@H](O)[C@@H](O)CNCCOCCOCCOCCOCCOCCOCCOCCOCCN(C[C@H](O)[C@@H](O)[C@H](O)[C@H](O)CO)C[C@H](O)[C@@H](O)[C@H](O)[C@H](O)CO. The highest BCUT2D eigenvalue weighted by molar-refractivity contribution is 4.86. The largest absolute Gasteiger partial charge is 0.394 e. The van der Waals surface area contributed by atoms with E-state index < -0.39 is 106 Å². The van der Waals surface area contributed by atoms with Crippen molar-refractivity contribution >= 4 is 0 Å². The summed E-state index contributed by atoms with van der Waals surface area (Å²) in [5.74, 6) is 0. The molecule has 0 heterocycles. The van der Waals surface area contributed by atoms with Crippen LogP contribution in [0.1, 0.15) is 0 Å². The van der Waals surface area contributed by atoms with Gasteiger partial charge in [-0.25, -0.2) is 0 Å². The van der Waals surface area contributed by atoms with Gasteiger partial charge in [0, 0.05) is 32.7 Å². The lowest BCUT2D eigenvalue weighted by Gasteiger charge is -2.33. The Morgan fingerprint density at radius 3 is 0.852 bits per heavy atom. The van der Waals surface area contributed by atoms with Crippen molar-refractivity contribution in [1.82, 2.24) is 10.2 Å². The van der Waals surface area contributed by atoms with Crippen LogP contribution in [0, 0.1) is 0 Å². The quantitative estimate of drug-likeness (QED) is 0.0252. The zero-order chi connectivity index (χ0) is 45.8.